The molecule has 1 aliphatic carbocycles. The number of aromatic nitrogens is 3. The first kappa shape index (κ1) is 10.6. The molecule has 0 atom stereocenters. The van der Waals surface area contributed by atoms with Crippen LogP contribution in [0.4, 0.5) is 5.82 Å². The molecule has 0 saturated heterocycles. The molecule has 4 heteroatoms. The summed E-state index contributed by atoms with van der Waals surface area (Å²) in [6, 6.07) is 3.74. The number of H-pyrrole nitrogens is 1. The van der Waals surface area contributed by atoms with E-state index >= 15 is 0 Å². The molecule has 3 rings (SSSR count). The molecule has 1 saturated carbocycles. The van der Waals surface area contributed by atoms with Gasteiger partial charge in [0, 0.05) is 5.92 Å². The average Bonchev–Trinajstić information content (AvgIpc) is 2.56. The minimum absolute atomic E-state index is 0.284. The SMILES string of the molecule is CC1(C)C(c2nc3nc(N)ccc3[nH]2)C1(C)C. The van der Waals surface area contributed by atoms with Gasteiger partial charge in [-0.3, -0.25) is 0 Å². The number of nitrogens with one attached hydrogen (secondary N) is 1. The summed E-state index contributed by atoms with van der Waals surface area (Å²) < 4.78 is 0. The number of anilines is 1. The first-order chi connectivity index (χ1) is 7.84. The van der Waals surface area contributed by atoms with E-state index in [0.717, 1.165) is 17.0 Å². The quantitative estimate of drug-likeness (QED) is 0.791. The van der Waals surface area contributed by atoms with Gasteiger partial charge in [-0.1, -0.05) is 27.7 Å². The van der Waals surface area contributed by atoms with Gasteiger partial charge in [-0.15, -0.1) is 0 Å². The maximum atomic E-state index is 5.67. The lowest BCUT2D eigenvalue weighted by Gasteiger charge is -2.03. The van der Waals surface area contributed by atoms with E-state index in [0.29, 0.717) is 11.7 Å². The van der Waals surface area contributed by atoms with Crippen molar-refractivity contribution in [1.82, 2.24) is 15.0 Å². The van der Waals surface area contributed by atoms with Crippen molar-refractivity contribution < 1.29 is 0 Å². The van der Waals surface area contributed by atoms with Crippen LogP contribution in [0.15, 0.2) is 12.1 Å². The molecule has 0 spiro atoms. The van der Waals surface area contributed by atoms with Gasteiger partial charge in [-0.25, -0.2) is 9.97 Å². The number of pyridine rings is 1. The summed E-state index contributed by atoms with van der Waals surface area (Å²) in [7, 11) is 0. The van der Waals surface area contributed by atoms with Crippen molar-refractivity contribution in [3.05, 3.63) is 18.0 Å². The summed E-state index contributed by atoms with van der Waals surface area (Å²) in [6.45, 7) is 9.14. The van der Waals surface area contributed by atoms with Crippen LogP contribution in [0.5, 0.6) is 0 Å². The monoisotopic (exact) mass is 230 g/mol. The van der Waals surface area contributed by atoms with Crippen LogP contribution in [0.1, 0.15) is 39.4 Å². The predicted octanol–water partition coefficient (Wildman–Crippen LogP) is 2.69. The zero-order chi connectivity index (χ0) is 12.4. The molecule has 2 aromatic rings. The fourth-order valence-corrected chi connectivity index (χ4v) is 2.94. The third-order valence-electron chi connectivity index (χ3n) is 4.68. The maximum absolute atomic E-state index is 5.67. The molecule has 3 N–H and O–H groups in total. The largest absolute Gasteiger partial charge is 0.384 e. The summed E-state index contributed by atoms with van der Waals surface area (Å²) in [6.07, 6.45) is 0. The van der Waals surface area contributed by atoms with E-state index < -0.39 is 0 Å². The Hall–Kier alpha value is -1.58. The Morgan fingerprint density at radius 2 is 1.76 bits per heavy atom. The highest BCUT2D eigenvalue weighted by molar-refractivity contribution is 5.72. The molecule has 0 bridgehead atoms. The van der Waals surface area contributed by atoms with Gasteiger partial charge in [-0.05, 0) is 23.0 Å². The average molecular weight is 230 g/mol. The van der Waals surface area contributed by atoms with Crippen LogP contribution >= 0.6 is 0 Å². The Morgan fingerprint density at radius 3 is 2.35 bits per heavy atom. The molecule has 0 amide bonds. The van der Waals surface area contributed by atoms with Crippen LogP contribution < -0.4 is 5.73 Å². The molecular weight excluding hydrogens is 212 g/mol. The van der Waals surface area contributed by atoms with Crippen LogP contribution in [0.3, 0.4) is 0 Å². The minimum Gasteiger partial charge on any atom is -0.384 e. The van der Waals surface area contributed by atoms with E-state index in [-0.39, 0.29) is 10.8 Å². The number of nitrogen functional groups attached to an aromatic ring is 1. The van der Waals surface area contributed by atoms with Gasteiger partial charge < -0.3 is 10.7 Å². The lowest BCUT2D eigenvalue weighted by Crippen LogP contribution is -1.95. The second kappa shape index (κ2) is 2.81. The number of nitrogens with zero attached hydrogens (tertiary/aromatic N) is 2. The molecule has 90 valence electrons. The van der Waals surface area contributed by atoms with Crippen molar-refractivity contribution >= 4 is 17.0 Å². The van der Waals surface area contributed by atoms with Crippen molar-refractivity contribution in [1.29, 1.82) is 0 Å². The molecule has 1 aliphatic rings. The second-order valence-corrected chi connectivity index (χ2v) is 6.11. The van der Waals surface area contributed by atoms with Gasteiger partial charge in [0.05, 0.1) is 5.52 Å². The van der Waals surface area contributed by atoms with E-state index in [9.17, 15) is 0 Å². The summed E-state index contributed by atoms with van der Waals surface area (Å²) in [5.74, 6) is 2.02. The Balaban J connectivity index is 2.09. The highest BCUT2D eigenvalue weighted by Gasteiger charge is 2.66. The van der Waals surface area contributed by atoms with E-state index in [4.69, 9.17) is 5.73 Å². The third-order valence-corrected chi connectivity index (χ3v) is 4.68. The van der Waals surface area contributed by atoms with E-state index in [1.165, 1.54) is 0 Å². The summed E-state index contributed by atoms with van der Waals surface area (Å²) in [4.78, 5) is 12.2. The molecule has 0 aliphatic heterocycles. The van der Waals surface area contributed by atoms with Gasteiger partial charge in [0.15, 0.2) is 5.65 Å². The van der Waals surface area contributed by atoms with Crippen LogP contribution in [0, 0.1) is 10.8 Å². The topological polar surface area (TPSA) is 67.6 Å². The number of nitrogens with two attached hydrogens (primary N) is 1. The van der Waals surface area contributed by atoms with E-state index in [1.807, 2.05) is 6.07 Å². The number of aromatic amines is 1. The number of hydrogen-bond donors (Lipinski definition) is 2. The van der Waals surface area contributed by atoms with Crippen molar-refractivity contribution in [2.45, 2.75) is 33.6 Å². The minimum atomic E-state index is 0.284. The lowest BCUT2D eigenvalue weighted by molar-refractivity contribution is 0.457. The molecule has 1 fully saturated rings. The second-order valence-electron chi connectivity index (χ2n) is 6.11. The van der Waals surface area contributed by atoms with E-state index in [2.05, 4.69) is 42.6 Å². The molecule has 0 aromatic carbocycles. The third kappa shape index (κ3) is 1.24. The normalized spacial score (nSPS) is 21.9. The molecule has 2 aromatic heterocycles. The molecule has 4 nitrogen and oxygen atoms in total. The number of rotatable bonds is 1. The Labute approximate surface area is 101 Å². The number of imidazole rings is 1. The van der Waals surface area contributed by atoms with Crippen molar-refractivity contribution in [2.75, 3.05) is 5.73 Å². The smallest absolute Gasteiger partial charge is 0.179 e. The molecule has 2 heterocycles. The van der Waals surface area contributed by atoms with Crippen LogP contribution in [0.25, 0.3) is 11.2 Å². The first-order valence-corrected chi connectivity index (χ1v) is 5.96. The molecule has 0 unspecified atom stereocenters. The van der Waals surface area contributed by atoms with Gasteiger partial charge in [-0.2, -0.15) is 0 Å². The molecular formula is C13H18N4. The van der Waals surface area contributed by atoms with Gasteiger partial charge in [0.1, 0.15) is 11.6 Å². The Bertz CT molecular complexity index is 580. The number of fused-ring (bicyclic) bond motifs is 1. The first-order valence-electron chi connectivity index (χ1n) is 5.96. The van der Waals surface area contributed by atoms with Gasteiger partial charge >= 0.3 is 0 Å². The Kier molecular flexibility index (Phi) is 1.74. The predicted molar refractivity (Wildman–Crippen MR) is 68.6 cm³/mol. The molecule has 17 heavy (non-hydrogen) atoms. The van der Waals surface area contributed by atoms with Gasteiger partial charge in [0.2, 0.25) is 0 Å². The lowest BCUT2D eigenvalue weighted by atomic mass is 10.0. The fraction of sp³-hybridized carbons (Fsp3) is 0.538. The van der Waals surface area contributed by atoms with Gasteiger partial charge in [0.25, 0.3) is 0 Å². The van der Waals surface area contributed by atoms with Crippen molar-refractivity contribution in [2.24, 2.45) is 10.8 Å². The van der Waals surface area contributed by atoms with Crippen LogP contribution in [0.2, 0.25) is 0 Å². The Morgan fingerprint density at radius 1 is 1.12 bits per heavy atom. The molecule has 0 radical (unpaired) electrons. The zero-order valence-electron chi connectivity index (χ0n) is 10.7. The highest BCUT2D eigenvalue weighted by atomic mass is 15.0. The van der Waals surface area contributed by atoms with Crippen molar-refractivity contribution in [3.8, 4) is 0 Å². The summed E-state index contributed by atoms with van der Waals surface area (Å²) in [5.41, 5.74) is 7.92. The zero-order valence-corrected chi connectivity index (χ0v) is 10.7. The summed E-state index contributed by atoms with van der Waals surface area (Å²) in [5, 5.41) is 0. The van der Waals surface area contributed by atoms with Crippen LogP contribution in [-0.4, -0.2) is 15.0 Å². The fourth-order valence-electron chi connectivity index (χ4n) is 2.94. The number of hydrogen-bond acceptors (Lipinski definition) is 3. The standard InChI is InChI=1S/C13H18N4/c1-12(2)9(13(12,3)4)11-15-7-5-6-8(14)16-10(7)17-11/h5-6,9H,1-4H3,(H3,14,15,16,17). The highest BCUT2D eigenvalue weighted by Crippen LogP contribution is 2.73. The van der Waals surface area contributed by atoms with Crippen molar-refractivity contribution in [3.63, 3.8) is 0 Å². The van der Waals surface area contributed by atoms with Crippen LogP contribution in [-0.2, 0) is 0 Å². The summed E-state index contributed by atoms with van der Waals surface area (Å²) >= 11 is 0. The van der Waals surface area contributed by atoms with E-state index in [1.54, 1.807) is 6.07 Å². The maximum Gasteiger partial charge on any atom is 0.179 e.